The van der Waals surface area contributed by atoms with Crippen molar-refractivity contribution in [1.82, 2.24) is 14.7 Å². The molecule has 136 valence electrons. The van der Waals surface area contributed by atoms with Gasteiger partial charge in [-0.2, -0.15) is 0 Å². The first-order chi connectivity index (χ1) is 12.5. The van der Waals surface area contributed by atoms with Crippen LogP contribution in [0.15, 0.2) is 36.0 Å². The van der Waals surface area contributed by atoms with Gasteiger partial charge in [-0.1, -0.05) is 19.9 Å². The monoisotopic (exact) mass is 371 g/mol. The predicted molar refractivity (Wildman–Crippen MR) is 100 cm³/mol. The van der Waals surface area contributed by atoms with E-state index >= 15 is 0 Å². The molecule has 0 bridgehead atoms. The topological polar surface area (TPSA) is 64.9 Å². The number of ether oxygens (including phenoxy) is 2. The SMILES string of the molecule is CC(C)(CNC(=O)Cc1cn2ccsc2n1)c1ccc2c(c1)OCCO2. The number of thiazole rings is 1. The molecule has 1 aromatic carbocycles. The molecule has 2 aromatic heterocycles. The number of benzene rings is 1. The number of carbonyl (C=O) groups excluding carboxylic acids is 1. The van der Waals surface area contributed by atoms with Gasteiger partial charge in [-0.05, 0) is 17.7 Å². The van der Waals surface area contributed by atoms with Crippen molar-refractivity contribution in [3.8, 4) is 11.5 Å². The molecule has 3 heterocycles. The third kappa shape index (κ3) is 3.39. The summed E-state index contributed by atoms with van der Waals surface area (Å²) in [5.74, 6) is 1.52. The fraction of sp³-hybridized carbons (Fsp3) is 0.368. The fourth-order valence-electron chi connectivity index (χ4n) is 2.97. The van der Waals surface area contributed by atoms with Gasteiger partial charge >= 0.3 is 0 Å². The van der Waals surface area contributed by atoms with E-state index < -0.39 is 0 Å². The first-order valence-electron chi connectivity index (χ1n) is 8.59. The van der Waals surface area contributed by atoms with Crippen molar-refractivity contribution in [2.75, 3.05) is 19.8 Å². The highest BCUT2D eigenvalue weighted by Crippen LogP contribution is 2.34. The number of carbonyl (C=O) groups is 1. The maximum Gasteiger partial charge on any atom is 0.226 e. The Labute approximate surface area is 155 Å². The molecule has 0 radical (unpaired) electrons. The number of fused-ring (bicyclic) bond motifs is 2. The Hall–Kier alpha value is -2.54. The van der Waals surface area contributed by atoms with Crippen LogP contribution < -0.4 is 14.8 Å². The molecule has 1 aliphatic rings. The van der Waals surface area contributed by atoms with Crippen LogP contribution in [0.4, 0.5) is 0 Å². The van der Waals surface area contributed by atoms with Crippen molar-refractivity contribution < 1.29 is 14.3 Å². The number of amides is 1. The summed E-state index contributed by atoms with van der Waals surface area (Å²) in [6.45, 7) is 5.89. The predicted octanol–water partition coefficient (Wildman–Crippen LogP) is 2.80. The Bertz CT molecular complexity index is 916. The van der Waals surface area contributed by atoms with E-state index in [0.29, 0.717) is 19.8 Å². The first-order valence-corrected chi connectivity index (χ1v) is 9.47. The summed E-state index contributed by atoms with van der Waals surface area (Å²) in [6, 6.07) is 5.97. The van der Waals surface area contributed by atoms with Gasteiger partial charge in [-0.25, -0.2) is 4.98 Å². The zero-order valence-corrected chi connectivity index (χ0v) is 15.6. The van der Waals surface area contributed by atoms with Gasteiger partial charge in [0, 0.05) is 29.7 Å². The number of rotatable bonds is 5. The average Bonchev–Trinajstić information content (AvgIpc) is 3.21. The molecule has 3 aromatic rings. The average molecular weight is 371 g/mol. The third-order valence-electron chi connectivity index (χ3n) is 4.54. The summed E-state index contributed by atoms with van der Waals surface area (Å²) in [6.07, 6.45) is 4.13. The third-order valence-corrected chi connectivity index (χ3v) is 5.31. The Balaban J connectivity index is 1.39. The van der Waals surface area contributed by atoms with Crippen LogP contribution in [0.25, 0.3) is 4.96 Å². The summed E-state index contributed by atoms with van der Waals surface area (Å²) < 4.78 is 13.2. The minimum atomic E-state index is -0.222. The lowest BCUT2D eigenvalue weighted by Gasteiger charge is -2.27. The number of nitrogens with zero attached hydrogens (tertiary/aromatic N) is 2. The molecule has 0 saturated heterocycles. The minimum Gasteiger partial charge on any atom is -0.486 e. The molecular formula is C19H21N3O3S. The van der Waals surface area contributed by atoms with Crippen LogP contribution in [-0.4, -0.2) is 35.1 Å². The molecule has 1 aliphatic heterocycles. The quantitative estimate of drug-likeness (QED) is 0.749. The molecule has 0 saturated carbocycles. The molecule has 1 amide bonds. The Kier molecular flexibility index (Phi) is 4.32. The Morgan fingerprint density at radius 1 is 1.31 bits per heavy atom. The van der Waals surface area contributed by atoms with Crippen LogP contribution in [0.2, 0.25) is 0 Å². The van der Waals surface area contributed by atoms with Crippen LogP contribution in [0, 0.1) is 0 Å². The minimum absolute atomic E-state index is 0.0265. The summed E-state index contributed by atoms with van der Waals surface area (Å²) in [5, 5.41) is 5.00. The molecule has 26 heavy (non-hydrogen) atoms. The van der Waals surface area contributed by atoms with Crippen LogP contribution in [-0.2, 0) is 16.6 Å². The smallest absolute Gasteiger partial charge is 0.226 e. The van der Waals surface area contributed by atoms with E-state index in [-0.39, 0.29) is 17.7 Å². The Morgan fingerprint density at radius 2 is 2.12 bits per heavy atom. The Morgan fingerprint density at radius 3 is 2.92 bits per heavy atom. The van der Waals surface area contributed by atoms with Crippen molar-refractivity contribution >= 4 is 22.2 Å². The normalized spacial score (nSPS) is 13.8. The number of imidazole rings is 1. The highest BCUT2D eigenvalue weighted by Gasteiger charge is 2.24. The molecule has 7 heteroatoms. The van der Waals surface area contributed by atoms with E-state index in [2.05, 4.69) is 24.1 Å². The fourth-order valence-corrected chi connectivity index (χ4v) is 3.69. The summed E-state index contributed by atoms with van der Waals surface area (Å²) in [7, 11) is 0. The highest BCUT2D eigenvalue weighted by molar-refractivity contribution is 7.15. The van der Waals surface area contributed by atoms with Crippen molar-refractivity contribution in [1.29, 1.82) is 0 Å². The molecule has 0 unspecified atom stereocenters. The molecule has 6 nitrogen and oxygen atoms in total. The molecule has 1 N–H and O–H groups in total. The maximum absolute atomic E-state index is 12.3. The van der Waals surface area contributed by atoms with E-state index in [9.17, 15) is 4.79 Å². The van der Waals surface area contributed by atoms with Gasteiger partial charge < -0.3 is 14.8 Å². The zero-order chi connectivity index (χ0) is 18.1. The van der Waals surface area contributed by atoms with E-state index in [4.69, 9.17) is 9.47 Å². The van der Waals surface area contributed by atoms with Crippen molar-refractivity contribution in [3.63, 3.8) is 0 Å². The van der Waals surface area contributed by atoms with E-state index in [1.165, 1.54) is 0 Å². The molecule has 0 spiro atoms. The van der Waals surface area contributed by atoms with Crippen molar-refractivity contribution in [2.24, 2.45) is 0 Å². The number of aromatic nitrogens is 2. The molecular weight excluding hydrogens is 350 g/mol. The van der Waals surface area contributed by atoms with E-state index in [1.54, 1.807) is 11.3 Å². The van der Waals surface area contributed by atoms with Gasteiger partial charge in [0.25, 0.3) is 0 Å². The largest absolute Gasteiger partial charge is 0.486 e. The van der Waals surface area contributed by atoms with Crippen LogP contribution in [0.5, 0.6) is 11.5 Å². The second kappa shape index (κ2) is 6.64. The molecule has 0 fully saturated rings. The lowest BCUT2D eigenvalue weighted by Crippen LogP contribution is -2.37. The van der Waals surface area contributed by atoms with Crippen molar-refractivity contribution in [2.45, 2.75) is 25.7 Å². The number of nitrogens with one attached hydrogen (secondary N) is 1. The second-order valence-corrected chi connectivity index (χ2v) is 7.89. The molecule has 0 atom stereocenters. The van der Waals surface area contributed by atoms with E-state index in [1.807, 2.05) is 40.4 Å². The first kappa shape index (κ1) is 16.9. The van der Waals surface area contributed by atoms with Gasteiger partial charge in [-0.3, -0.25) is 9.20 Å². The van der Waals surface area contributed by atoms with Gasteiger partial charge in [0.15, 0.2) is 16.5 Å². The van der Waals surface area contributed by atoms with Gasteiger partial charge in [0.05, 0.1) is 12.1 Å². The lowest BCUT2D eigenvalue weighted by atomic mass is 9.84. The highest BCUT2D eigenvalue weighted by atomic mass is 32.1. The molecule has 0 aliphatic carbocycles. The number of hydrogen-bond donors (Lipinski definition) is 1. The lowest BCUT2D eigenvalue weighted by molar-refractivity contribution is -0.120. The van der Waals surface area contributed by atoms with Gasteiger partial charge in [-0.15, -0.1) is 11.3 Å². The van der Waals surface area contributed by atoms with E-state index in [0.717, 1.165) is 27.7 Å². The number of hydrogen-bond acceptors (Lipinski definition) is 5. The van der Waals surface area contributed by atoms with Crippen LogP contribution >= 0.6 is 11.3 Å². The standard InChI is InChI=1S/C19H21N3O3S/c1-19(2,13-3-4-15-16(9-13)25-7-6-24-15)12-20-17(23)10-14-11-22-5-8-26-18(22)21-14/h3-5,8-9,11H,6-7,10,12H2,1-2H3,(H,20,23). The van der Waals surface area contributed by atoms with Crippen molar-refractivity contribution in [3.05, 3.63) is 47.2 Å². The van der Waals surface area contributed by atoms with Gasteiger partial charge in [0.1, 0.15) is 13.2 Å². The molecule has 4 rings (SSSR count). The summed E-state index contributed by atoms with van der Waals surface area (Å²) in [5.41, 5.74) is 1.66. The second-order valence-electron chi connectivity index (χ2n) is 7.02. The zero-order valence-electron chi connectivity index (χ0n) is 14.8. The van der Waals surface area contributed by atoms with Gasteiger partial charge in [0.2, 0.25) is 5.91 Å². The van der Waals surface area contributed by atoms with Crippen LogP contribution in [0.1, 0.15) is 25.1 Å². The van der Waals surface area contributed by atoms with Crippen LogP contribution in [0.3, 0.4) is 0 Å². The maximum atomic E-state index is 12.3. The summed E-state index contributed by atoms with van der Waals surface area (Å²) >= 11 is 1.56. The summed E-state index contributed by atoms with van der Waals surface area (Å²) in [4.78, 5) is 17.7.